The molecule has 1 aromatic carbocycles. The number of nitrogen functional groups attached to an aromatic ring is 1. The van der Waals surface area contributed by atoms with Crippen LogP contribution in [0, 0.1) is 0 Å². The highest BCUT2D eigenvalue weighted by atomic mass is 16.5. The summed E-state index contributed by atoms with van der Waals surface area (Å²) in [5, 5.41) is 3.64. The first-order chi connectivity index (χ1) is 7.27. The normalized spacial score (nSPS) is 11.7. The predicted molar refractivity (Wildman–Crippen MR) is 60.9 cm³/mol. The molecule has 0 atom stereocenters. The number of benzene rings is 1. The SMILES string of the molecule is C/C(=C/c1ccccc1)c1oncc1N. The number of anilines is 1. The van der Waals surface area contributed by atoms with E-state index in [-0.39, 0.29) is 0 Å². The van der Waals surface area contributed by atoms with E-state index in [2.05, 4.69) is 5.16 Å². The van der Waals surface area contributed by atoms with E-state index in [0.29, 0.717) is 11.4 Å². The van der Waals surface area contributed by atoms with E-state index in [1.54, 1.807) is 0 Å². The van der Waals surface area contributed by atoms with Gasteiger partial charge in [-0.15, -0.1) is 0 Å². The van der Waals surface area contributed by atoms with Crippen molar-refractivity contribution in [3.63, 3.8) is 0 Å². The third kappa shape index (κ3) is 2.07. The van der Waals surface area contributed by atoms with Crippen LogP contribution in [0.15, 0.2) is 41.1 Å². The molecule has 0 unspecified atom stereocenters. The summed E-state index contributed by atoms with van der Waals surface area (Å²) in [5.41, 5.74) is 8.35. The lowest BCUT2D eigenvalue weighted by atomic mass is 10.1. The van der Waals surface area contributed by atoms with Crippen LogP contribution < -0.4 is 5.73 Å². The third-order valence-electron chi connectivity index (χ3n) is 2.14. The summed E-state index contributed by atoms with van der Waals surface area (Å²) in [5.74, 6) is 0.638. The average molecular weight is 200 g/mol. The largest absolute Gasteiger partial charge is 0.394 e. The van der Waals surface area contributed by atoms with Crippen LogP contribution in [0.1, 0.15) is 18.2 Å². The van der Waals surface area contributed by atoms with Gasteiger partial charge in [-0.1, -0.05) is 35.5 Å². The molecule has 2 rings (SSSR count). The fourth-order valence-electron chi connectivity index (χ4n) is 1.41. The van der Waals surface area contributed by atoms with Gasteiger partial charge in [-0.25, -0.2) is 0 Å². The Labute approximate surface area is 88.2 Å². The Bertz CT molecular complexity index is 471. The van der Waals surface area contributed by atoms with Crippen molar-refractivity contribution < 1.29 is 4.52 Å². The molecule has 0 aliphatic heterocycles. The van der Waals surface area contributed by atoms with E-state index in [4.69, 9.17) is 10.3 Å². The quantitative estimate of drug-likeness (QED) is 0.810. The summed E-state index contributed by atoms with van der Waals surface area (Å²) < 4.78 is 5.05. The molecule has 1 heterocycles. The number of nitrogens with zero attached hydrogens (tertiary/aromatic N) is 1. The lowest BCUT2D eigenvalue weighted by molar-refractivity contribution is 0.411. The van der Waals surface area contributed by atoms with Crippen LogP contribution in [-0.2, 0) is 0 Å². The summed E-state index contributed by atoms with van der Waals surface area (Å²) >= 11 is 0. The predicted octanol–water partition coefficient (Wildman–Crippen LogP) is 2.82. The Morgan fingerprint density at radius 1 is 1.33 bits per heavy atom. The van der Waals surface area contributed by atoms with Crippen molar-refractivity contribution >= 4 is 17.3 Å². The lowest BCUT2D eigenvalue weighted by Crippen LogP contribution is -1.86. The van der Waals surface area contributed by atoms with Crippen LogP contribution in [-0.4, -0.2) is 5.16 Å². The first-order valence-corrected chi connectivity index (χ1v) is 4.71. The van der Waals surface area contributed by atoms with E-state index in [9.17, 15) is 0 Å². The van der Waals surface area contributed by atoms with Crippen LogP contribution in [0.2, 0.25) is 0 Å². The van der Waals surface area contributed by atoms with Crippen molar-refractivity contribution in [3.05, 3.63) is 47.9 Å². The molecular formula is C12H12N2O. The zero-order valence-corrected chi connectivity index (χ0v) is 8.47. The van der Waals surface area contributed by atoms with Gasteiger partial charge in [0.25, 0.3) is 0 Å². The van der Waals surface area contributed by atoms with Gasteiger partial charge in [0.2, 0.25) is 0 Å². The summed E-state index contributed by atoms with van der Waals surface area (Å²) in [7, 11) is 0. The van der Waals surface area contributed by atoms with Crippen molar-refractivity contribution in [2.24, 2.45) is 0 Å². The Hall–Kier alpha value is -2.03. The minimum Gasteiger partial charge on any atom is -0.394 e. The van der Waals surface area contributed by atoms with Gasteiger partial charge in [-0.3, -0.25) is 0 Å². The molecule has 76 valence electrons. The van der Waals surface area contributed by atoms with E-state index >= 15 is 0 Å². The van der Waals surface area contributed by atoms with E-state index in [1.807, 2.05) is 43.3 Å². The Kier molecular flexibility index (Phi) is 2.54. The van der Waals surface area contributed by atoms with E-state index < -0.39 is 0 Å². The Morgan fingerprint density at radius 3 is 2.67 bits per heavy atom. The number of hydrogen-bond acceptors (Lipinski definition) is 3. The number of rotatable bonds is 2. The highest BCUT2D eigenvalue weighted by Crippen LogP contribution is 2.22. The number of nitrogens with two attached hydrogens (primary N) is 1. The molecule has 0 bridgehead atoms. The molecule has 0 spiro atoms. The fraction of sp³-hybridized carbons (Fsp3) is 0.0833. The summed E-state index contributed by atoms with van der Waals surface area (Å²) in [6, 6.07) is 10.0. The molecular weight excluding hydrogens is 188 g/mol. The number of hydrogen-bond donors (Lipinski definition) is 1. The molecule has 2 N–H and O–H groups in total. The molecule has 3 nitrogen and oxygen atoms in total. The average Bonchev–Trinajstić information content (AvgIpc) is 2.66. The molecule has 3 heteroatoms. The van der Waals surface area contributed by atoms with Gasteiger partial charge in [-0.05, 0) is 24.1 Å². The third-order valence-corrected chi connectivity index (χ3v) is 2.14. The molecule has 15 heavy (non-hydrogen) atoms. The summed E-state index contributed by atoms with van der Waals surface area (Å²) in [6.07, 6.45) is 3.52. The van der Waals surface area contributed by atoms with Crippen molar-refractivity contribution in [3.8, 4) is 0 Å². The molecule has 0 aliphatic rings. The highest BCUT2D eigenvalue weighted by molar-refractivity contribution is 5.82. The zero-order chi connectivity index (χ0) is 10.7. The van der Waals surface area contributed by atoms with Gasteiger partial charge < -0.3 is 10.3 Å². The van der Waals surface area contributed by atoms with Gasteiger partial charge in [-0.2, -0.15) is 0 Å². The molecule has 0 fully saturated rings. The van der Waals surface area contributed by atoms with E-state index in [0.717, 1.165) is 11.1 Å². The zero-order valence-electron chi connectivity index (χ0n) is 8.47. The molecule has 0 amide bonds. The van der Waals surface area contributed by atoms with Gasteiger partial charge in [0.1, 0.15) is 0 Å². The number of aromatic nitrogens is 1. The standard InChI is InChI=1S/C12H12N2O/c1-9(12-11(13)8-14-15-12)7-10-5-3-2-4-6-10/h2-8H,13H2,1H3/b9-7-. The maximum Gasteiger partial charge on any atom is 0.185 e. The molecule has 0 saturated carbocycles. The highest BCUT2D eigenvalue weighted by Gasteiger charge is 2.05. The Balaban J connectivity index is 2.33. The summed E-state index contributed by atoms with van der Waals surface area (Å²) in [6.45, 7) is 1.95. The van der Waals surface area contributed by atoms with Crippen LogP contribution in [0.3, 0.4) is 0 Å². The maximum absolute atomic E-state index is 5.70. The maximum atomic E-state index is 5.70. The second-order valence-electron chi connectivity index (χ2n) is 3.35. The molecule has 0 aliphatic carbocycles. The van der Waals surface area contributed by atoms with Crippen LogP contribution in [0.25, 0.3) is 11.6 Å². The lowest BCUT2D eigenvalue weighted by Gasteiger charge is -1.97. The minimum absolute atomic E-state index is 0.569. The smallest absolute Gasteiger partial charge is 0.185 e. The molecule has 1 aromatic heterocycles. The van der Waals surface area contributed by atoms with Gasteiger partial charge >= 0.3 is 0 Å². The van der Waals surface area contributed by atoms with Gasteiger partial charge in [0, 0.05) is 0 Å². The van der Waals surface area contributed by atoms with Crippen LogP contribution >= 0.6 is 0 Å². The van der Waals surface area contributed by atoms with Crippen molar-refractivity contribution in [1.82, 2.24) is 5.16 Å². The monoisotopic (exact) mass is 200 g/mol. The topological polar surface area (TPSA) is 52.0 Å². The fourth-order valence-corrected chi connectivity index (χ4v) is 1.41. The molecule has 2 aromatic rings. The van der Waals surface area contributed by atoms with Gasteiger partial charge in [0.05, 0.1) is 11.9 Å². The van der Waals surface area contributed by atoms with E-state index in [1.165, 1.54) is 6.20 Å². The van der Waals surface area contributed by atoms with Crippen molar-refractivity contribution in [2.45, 2.75) is 6.92 Å². The second kappa shape index (κ2) is 4.00. The molecule has 0 radical (unpaired) electrons. The Morgan fingerprint density at radius 2 is 2.07 bits per heavy atom. The minimum atomic E-state index is 0.569. The second-order valence-corrected chi connectivity index (χ2v) is 3.35. The molecule has 0 saturated heterocycles. The summed E-state index contributed by atoms with van der Waals surface area (Å²) in [4.78, 5) is 0. The van der Waals surface area contributed by atoms with Crippen molar-refractivity contribution in [1.29, 1.82) is 0 Å². The van der Waals surface area contributed by atoms with Crippen molar-refractivity contribution in [2.75, 3.05) is 5.73 Å². The first-order valence-electron chi connectivity index (χ1n) is 4.71. The first kappa shape index (κ1) is 9.52. The van der Waals surface area contributed by atoms with Crippen LogP contribution in [0.5, 0.6) is 0 Å². The van der Waals surface area contributed by atoms with Gasteiger partial charge in [0.15, 0.2) is 5.76 Å². The van der Waals surface area contributed by atoms with Crippen LogP contribution in [0.4, 0.5) is 5.69 Å². The number of allylic oxidation sites excluding steroid dienone is 1.